The quantitative estimate of drug-likeness (QED) is 0.593. The van der Waals surface area contributed by atoms with Gasteiger partial charge in [-0.25, -0.2) is 0 Å². The molecule has 140 valence electrons. The minimum atomic E-state index is -0.584. The van der Waals surface area contributed by atoms with Gasteiger partial charge in [0.25, 0.3) is 0 Å². The van der Waals surface area contributed by atoms with Crippen LogP contribution in [0.1, 0.15) is 40.2 Å². The number of hydrogen-bond acceptors (Lipinski definition) is 6. The van der Waals surface area contributed by atoms with Crippen molar-refractivity contribution in [2.45, 2.75) is 45.8 Å². The Balaban J connectivity index is 2.23. The fourth-order valence-electron chi connectivity index (χ4n) is 2.50. The van der Waals surface area contributed by atoms with Crippen LogP contribution in [0.3, 0.4) is 0 Å². The fourth-order valence-corrected chi connectivity index (χ4v) is 2.50. The first-order valence-corrected chi connectivity index (χ1v) is 8.31. The smallest absolute Gasteiger partial charge is 0.315 e. The van der Waals surface area contributed by atoms with Crippen LogP contribution in [0.5, 0.6) is 11.5 Å². The molecule has 25 heavy (non-hydrogen) atoms. The summed E-state index contributed by atoms with van der Waals surface area (Å²) in [7, 11) is 1.40. The Hall–Kier alpha value is -1.86. The third kappa shape index (κ3) is 4.83. The molecule has 1 fully saturated rings. The summed E-state index contributed by atoms with van der Waals surface area (Å²) in [4.78, 5) is 11.0. The summed E-state index contributed by atoms with van der Waals surface area (Å²) in [6.45, 7) is 11.1. The minimum absolute atomic E-state index is 0.0510. The summed E-state index contributed by atoms with van der Waals surface area (Å²) in [5.41, 5.74) is 0.463. The second-order valence-corrected chi connectivity index (χ2v) is 7.73. The molecule has 0 N–H and O–H groups in total. The molecule has 1 aromatic rings. The van der Waals surface area contributed by atoms with E-state index < -0.39 is 10.7 Å². The summed E-state index contributed by atoms with van der Waals surface area (Å²) in [5, 5.41) is 11.4. The first-order valence-electron chi connectivity index (χ1n) is 8.31. The van der Waals surface area contributed by atoms with Gasteiger partial charge in [0.15, 0.2) is 11.5 Å². The van der Waals surface area contributed by atoms with E-state index in [0.29, 0.717) is 25.6 Å². The zero-order chi connectivity index (χ0) is 18.8. The van der Waals surface area contributed by atoms with Crippen LogP contribution in [0.25, 0.3) is 0 Å². The third-order valence-electron chi connectivity index (χ3n) is 4.11. The highest BCUT2D eigenvalue weighted by Gasteiger charge is 2.30. The Bertz CT molecular complexity index is 625. The van der Waals surface area contributed by atoms with Crippen LogP contribution >= 0.6 is 0 Å². The van der Waals surface area contributed by atoms with E-state index >= 15 is 0 Å². The van der Waals surface area contributed by atoms with Gasteiger partial charge in [0.1, 0.15) is 0 Å². The zero-order valence-electron chi connectivity index (χ0n) is 15.8. The molecule has 0 unspecified atom stereocenters. The molecule has 0 aliphatic carbocycles. The maximum absolute atomic E-state index is 11.4. The molecule has 0 aromatic heterocycles. The van der Waals surface area contributed by atoms with Crippen molar-refractivity contribution in [3.63, 3.8) is 0 Å². The number of rotatable bonds is 5. The lowest BCUT2D eigenvalue weighted by Gasteiger charge is -2.34. The Morgan fingerprint density at radius 3 is 2.36 bits per heavy atom. The largest absolute Gasteiger partial charge is 0.489 e. The molecular weight excluding hydrogens is 326 g/mol. The van der Waals surface area contributed by atoms with Gasteiger partial charge in [0.05, 0.1) is 31.9 Å². The van der Waals surface area contributed by atoms with Gasteiger partial charge in [0, 0.05) is 12.0 Å². The van der Waals surface area contributed by atoms with E-state index in [9.17, 15) is 10.1 Å². The first-order chi connectivity index (χ1) is 11.5. The van der Waals surface area contributed by atoms with Gasteiger partial charge in [-0.05, 0) is 30.9 Å². The molecule has 1 aromatic carbocycles. The van der Waals surface area contributed by atoms with Crippen molar-refractivity contribution >= 4 is 5.69 Å². The van der Waals surface area contributed by atoms with Crippen molar-refractivity contribution in [2.75, 3.05) is 26.9 Å². The summed E-state index contributed by atoms with van der Waals surface area (Å²) in [6, 6.07) is 3.35. The molecule has 0 radical (unpaired) electrons. The standard InChI is InChI=1S/C18H27NO6/c1-17(2,3)13-7-14(19(20)21)16(22-6)15(8-13)23-9-12-10-24-18(4,5)25-11-12/h7-8,12H,9-11H2,1-6H3. The van der Waals surface area contributed by atoms with Crippen LogP contribution < -0.4 is 9.47 Å². The van der Waals surface area contributed by atoms with E-state index in [4.69, 9.17) is 18.9 Å². The maximum Gasteiger partial charge on any atom is 0.315 e. The van der Waals surface area contributed by atoms with Crippen LogP contribution in [-0.2, 0) is 14.9 Å². The molecule has 0 amide bonds. The van der Waals surface area contributed by atoms with Crippen molar-refractivity contribution in [2.24, 2.45) is 5.92 Å². The lowest BCUT2D eigenvalue weighted by molar-refractivity contribution is -0.385. The van der Waals surface area contributed by atoms with Gasteiger partial charge < -0.3 is 18.9 Å². The number of nitrogens with zero attached hydrogens (tertiary/aromatic N) is 1. The fraction of sp³-hybridized carbons (Fsp3) is 0.667. The van der Waals surface area contributed by atoms with Crippen LogP contribution in [0, 0.1) is 16.0 Å². The molecule has 1 heterocycles. The molecule has 1 aliphatic rings. The van der Waals surface area contributed by atoms with E-state index in [2.05, 4.69) is 0 Å². The number of nitro benzene ring substituents is 1. The van der Waals surface area contributed by atoms with E-state index in [-0.39, 0.29) is 22.8 Å². The molecule has 1 aliphatic heterocycles. The normalized spacial score (nSPS) is 18.0. The Morgan fingerprint density at radius 2 is 1.88 bits per heavy atom. The van der Waals surface area contributed by atoms with Crippen molar-refractivity contribution in [1.29, 1.82) is 0 Å². The van der Waals surface area contributed by atoms with Crippen LogP contribution in [0.4, 0.5) is 5.69 Å². The van der Waals surface area contributed by atoms with Gasteiger partial charge >= 0.3 is 5.69 Å². The van der Waals surface area contributed by atoms with Gasteiger partial charge in [0.2, 0.25) is 5.75 Å². The van der Waals surface area contributed by atoms with Gasteiger partial charge in [-0.1, -0.05) is 20.8 Å². The highest BCUT2D eigenvalue weighted by Crippen LogP contribution is 2.41. The Morgan fingerprint density at radius 1 is 1.28 bits per heavy atom. The molecule has 7 nitrogen and oxygen atoms in total. The van der Waals surface area contributed by atoms with Gasteiger partial charge in [-0.2, -0.15) is 0 Å². The van der Waals surface area contributed by atoms with E-state index in [1.807, 2.05) is 34.6 Å². The molecule has 0 spiro atoms. The van der Waals surface area contributed by atoms with Gasteiger partial charge in [-0.3, -0.25) is 10.1 Å². The molecule has 1 saturated heterocycles. The molecule has 0 atom stereocenters. The number of methoxy groups -OCH3 is 1. The van der Waals surface area contributed by atoms with Crippen molar-refractivity contribution in [3.8, 4) is 11.5 Å². The van der Waals surface area contributed by atoms with E-state index in [0.717, 1.165) is 5.56 Å². The van der Waals surface area contributed by atoms with Gasteiger partial charge in [-0.15, -0.1) is 0 Å². The Kier molecular flexibility index (Phi) is 5.58. The Labute approximate surface area is 148 Å². The number of nitro groups is 1. The van der Waals surface area contributed by atoms with Crippen molar-refractivity contribution in [3.05, 3.63) is 27.8 Å². The summed E-state index contributed by atoms with van der Waals surface area (Å²) in [6.07, 6.45) is 0. The minimum Gasteiger partial charge on any atom is -0.489 e. The summed E-state index contributed by atoms with van der Waals surface area (Å²) < 4.78 is 22.4. The predicted octanol–water partition coefficient (Wildman–Crippen LogP) is 3.68. The highest BCUT2D eigenvalue weighted by molar-refractivity contribution is 5.59. The van der Waals surface area contributed by atoms with Crippen LogP contribution in [-0.4, -0.2) is 37.6 Å². The zero-order valence-corrected chi connectivity index (χ0v) is 15.8. The number of benzene rings is 1. The molecule has 0 saturated carbocycles. The monoisotopic (exact) mass is 353 g/mol. The average molecular weight is 353 g/mol. The SMILES string of the molecule is COc1c(OCC2COC(C)(C)OC2)cc(C(C)(C)C)cc1[N+](=O)[O-]. The summed E-state index contributed by atoms with van der Waals surface area (Å²) >= 11 is 0. The van der Waals surface area contributed by atoms with Crippen molar-refractivity contribution < 1.29 is 23.9 Å². The van der Waals surface area contributed by atoms with E-state index in [1.54, 1.807) is 12.1 Å². The second kappa shape index (κ2) is 7.17. The number of hydrogen-bond donors (Lipinski definition) is 0. The topological polar surface area (TPSA) is 80.1 Å². The van der Waals surface area contributed by atoms with E-state index in [1.165, 1.54) is 7.11 Å². The second-order valence-electron chi connectivity index (χ2n) is 7.73. The average Bonchev–Trinajstić information content (AvgIpc) is 2.51. The van der Waals surface area contributed by atoms with Crippen LogP contribution in [0.15, 0.2) is 12.1 Å². The highest BCUT2D eigenvalue weighted by atomic mass is 16.7. The molecule has 2 rings (SSSR count). The predicted molar refractivity (Wildman–Crippen MR) is 93.3 cm³/mol. The molecule has 7 heteroatoms. The lowest BCUT2D eigenvalue weighted by Crippen LogP contribution is -2.41. The third-order valence-corrected chi connectivity index (χ3v) is 4.11. The number of ether oxygens (including phenoxy) is 4. The first kappa shape index (κ1) is 19.5. The lowest BCUT2D eigenvalue weighted by atomic mass is 9.86. The molecular formula is C18H27NO6. The van der Waals surface area contributed by atoms with Crippen LogP contribution in [0.2, 0.25) is 0 Å². The molecule has 0 bridgehead atoms. The summed E-state index contributed by atoms with van der Waals surface area (Å²) in [5.74, 6) is -0.0309. The van der Waals surface area contributed by atoms with Crippen molar-refractivity contribution in [1.82, 2.24) is 0 Å². The maximum atomic E-state index is 11.4.